The van der Waals surface area contributed by atoms with Crippen LogP contribution in [0.15, 0.2) is 55.1 Å². The molecule has 0 saturated carbocycles. The van der Waals surface area contributed by atoms with Gasteiger partial charge in [0.15, 0.2) is 11.4 Å². The number of rotatable bonds is 8. The van der Waals surface area contributed by atoms with Crippen molar-refractivity contribution in [3.63, 3.8) is 0 Å². The van der Waals surface area contributed by atoms with Crippen LogP contribution in [0.1, 0.15) is 65.8 Å². The zero-order chi connectivity index (χ0) is 22.8. The van der Waals surface area contributed by atoms with Crippen LogP contribution in [-0.4, -0.2) is 29.2 Å². The van der Waals surface area contributed by atoms with Crippen molar-refractivity contribution in [2.24, 2.45) is 5.41 Å². The third-order valence-corrected chi connectivity index (χ3v) is 6.36. The Morgan fingerprint density at radius 2 is 1.48 bits per heavy atom. The highest BCUT2D eigenvalue weighted by molar-refractivity contribution is 6.25. The number of ketones is 2. The summed E-state index contributed by atoms with van der Waals surface area (Å²) in [7, 11) is 1.44. The normalized spacial score (nSPS) is 19.7. The summed E-state index contributed by atoms with van der Waals surface area (Å²) >= 11 is 0. The molecule has 0 fully saturated rings. The van der Waals surface area contributed by atoms with Crippen LogP contribution in [0.4, 0.5) is 5.69 Å². The number of methoxy groups -OCH3 is 1. The highest BCUT2D eigenvalue weighted by Gasteiger charge is 2.65. The summed E-state index contributed by atoms with van der Waals surface area (Å²) < 4.78 is 6.03. The van der Waals surface area contributed by atoms with Crippen LogP contribution in [-0.2, 0) is 4.74 Å². The lowest BCUT2D eigenvalue weighted by Gasteiger charge is -2.51. The van der Waals surface area contributed by atoms with Gasteiger partial charge in [0, 0.05) is 30.4 Å². The number of ether oxygens (including phenoxy) is 1. The number of carbonyl (C=O) groups is 2. The molecule has 2 aromatic carbocycles. The van der Waals surface area contributed by atoms with Gasteiger partial charge in [0.25, 0.3) is 5.69 Å². The molecule has 1 atom stereocenters. The molecule has 0 heterocycles. The molecule has 2 aromatic rings. The van der Waals surface area contributed by atoms with Crippen LogP contribution < -0.4 is 0 Å². The average molecular weight is 421 g/mol. The number of non-ortho nitro benzene ring substituents is 1. The molecular weight excluding hydrogens is 394 g/mol. The molecule has 0 amide bonds. The number of fused-ring (bicyclic) bond motifs is 1. The predicted octanol–water partition coefficient (Wildman–Crippen LogP) is 5.66. The maximum Gasteiger partial charge on any atom is 0.269 e. The molecule has 3 rings (SSSR count). The summed E-state index contributed by atoms with van der Waals surface area (Å²) in [5.41, 5.74) is -1.16. The smallest absolute Gasteiger partial charge is 0.269 e. The summed E-state index contributed by atoms with van der Waals surface area (Å²) in [6, 6.07) is 12.7. The second kappa shape index (κ2) is 8.55. The van der Waals surface area contributed by atoms with Crippen molar-refractivity contribution in [3.05, 3.63) is 81.9 Å². The Morgan fingerprint density at radius 3 is 1.94 bits per heavy atom. The highest BCUT2D eigenvalue weighted by Crippen LogP contribution is 2.55. The first-order valence-electron chi connectivity index (χ1n) is 10.5. The highest BCUT2D eigenvalue weighted by atomic mass is 16.6. The zero-order valence-corrected chi connectivity index (χ0v) is 18.1. The Hall–Kier alpha value is -3.12. The van der Waals surface area contributed by atoms with E-state index in [9.17, 15) is 19.7 Å². The van der Waals surface area contributed by atoms with Crippen molar-refractivity contribution >= 4 is 22.8 Å². The zero-order valence-electron chi connectivity index (χ0n) is 18.1. The van der Waals surface area contributed by atoms with Gasteiger partial charge in [0.1, 0.15) is 0 Å². The minimum absolute atomic E-state index is 0.0622. The third kappa shape index (κ3) is 3.22. The Kier molecular flexibility index (Phi) is 6.23. The summed E-state index contributed by atoms with van der Waals surface area (Å²) in [5.74, 6) is -0.410. The standard InChI is InChI=1S/C25H27NO5/c1-5-15-24(16-6-2)22(27)20-9-7-8-10-21(20)23(28)25(24,31-4)17(3)18-11-13-19(14-12-18)26(29)30/h7-14H,3,5-6,15-16H2,1-2,4H3. The van der Waals surface area contributed by atoms with Crippen molar-refractivity contribution in [2.75, 3.05) is 7.11 Å². The van der Waals surface area contributed by atoms with E-state index in [2.05, 4.69) is 6.58 Å². The summed E-state index contributed by atoms with van der Waals surface area (Å²) in [6.45, 7) is 8.17. The van der Waals surface area contributed by atoms with Crippen molar-refractivity contribution in [1.82, 2.24) is 0 Å². The SMILES string of the molecule is C=C(c1ccc([N+](=O)[O-])cc1)C1(OC)C(=O)c2ccccc2C(=O)C1(CCC)CCC. The number of nitro benzene ring substituents is 1. The van der Waals surface area contributed by atoms with Crippen molar-refractivity contribution < 1.29 is 19.2 Å². The first kappa shape index (κ1) is 22.6. The summed E-state index contributed by atoms with van der Waals surface area (Å²) in [5, 5.41) is 11.1. The van der Waals surface area contributed by atoms with Crippen LogP contribution in [0.5, 0.6) is 0 Å². The lowest BCUT2D eigenvalue weighted by molar-refractivity contribution is -0.384. The fraction of sp³-hybridized carbons (Fsp3) is 0.360. The Labute approximate surface area is 182 Å². The number of benzene rings is 2. The summed E-state index contributed by atoms with van der Waals surface area (Å²) in [6.07, 6.45) is 2.28. The molecule has 31 heavy (non-hydrogen) atoms. The monoisotopic (exact) mass is 421 g/mol. The molecule has 0 aliphatic heterocycles. The number of hydrogen-bond acceptors (Lipinski definition) is 5. The Bertz CT molecular complexity index is 1030. The molecule has 0 aromatic heterocycles. The second-order valence-corrected chi connectivity index (χ2v) is 7.95. The lowest BCUT2D eigenvalue weighted by atomic mass is 9.53. The van der Waals surface area contributed by atoms with Gasteiger partial charge >= 0.3 is 0 Å². The largest absolute Gasteiger partial charge is 0.364 e. The van der Waals surface area contributed by atoms with Gasteiger partial charge in [0.05, 0.1) is 10.3 Å². The average Bonchev–Trinajstić information content (AvgIpc) is 2.78. The van der Waals surface area contributed by atoms with Crippen molar-refractivity contribution in [2.45, 2.75) is 45.1 Å². The van der Waals surface area contributed by atoms with Crippen LogP contribution in [0.25, 0.3) is 5.57 Å². The van der Waals surface area contributed by atoms with Crippen LogP contribution in [0, 0.1) is 15.5 Å². The van der Waals surface area contributed by atoms with Gasteiger partial charge in [0.2, 0.25) is 5.78 Å². The topological polar surface area (TPSA) is 86.5 Å². The van der Waals surface area contributed by atoms with Crippen LogP contribution in [0.3, 0.4) is 0 Å². The molecule has 0 spiro atoms. The van der Waals surface area contributed by atoms with Gasteiger partial charge in [-0.15, -0.1) is 0 Å². The molecule has 1 aliphatic carbocycles. The molecule has 162 valence electrons. The Morgan fingerprint density at radius 1 is 0.968 bits per heavy atom. The maximum atomic E-state index is 14.0. The van der Waals surface area contributed by atoms with E-state index >= 15 is 0 Å². The van der Waals surface area contributed by atoms with E-state index in [1.54, 1.807) is 36.4 Å². The minimum atomic E-state index is -1.60. The molecular formula is C25H27NO5. The molecule has 0 N–H and O–H groups in total. The molecule has 6 nitrogen and oxygen atoms in total. The van der Waals surface area contributed by atoms with E-state index in [4.69, 9.17) is 4.74 Å². The number of Topliss-reactive ketones (excluding diaryl/α,β-unsaturated/α-hetero) is 2. The molecule has 0 bridgehead atoms. The van der Waals surface area contributed by atoms with Gasteiger partial charge in [-0.25, -0.2) is 0 Å². The molecule has 1 unspecified atom stereocenters. The van der Waals surface area contributed by atoms with E-state index in [1.807, 2.05) is 13.8 Å². The lowest BCUT2D eigenvalue weighted by Crippen LogP contribution is -2.63. The van der Waals surface area contributed by atoms with E-state index < -0.39 is 15.9 Å². The molecule has 6 heteroatoms. The quantitative estimate of drug-likeness (QED) is 0.405. The second-order valence-electron chi connectivity index (χ2n) is 7.95. The fourth-order valence-corrected chi connectivity index (χ4v) is 5.09. The maximum absolute atomic E-state index is 14.0. The number of carbonyl (C=O) groups excluding carboxylic acids is 2. The third-order valence-electron chi connectivity index (χ3n) is 6.36. The van der Waals surface area contributed by atoms with Gasteiger partial charge in [-0.3, -0.25) is 19.7 Å². The molecule has 0 saturated heterocycles. The van der Waals surface area contributed by atoms with Gasteiger partial charge < -0.3 is 4.74 Å². The van der Waals surface area contributed by atoms with Gasteiger partial charge in [-0.1, -0.05) is 57.5 Å². The van der Waals surface area contributed by atoms with Crippen LogP contribution in [0.2, 0.25) is 0 Å². The first-order chi connectivity index (χ1) is 14.8. The van der Waals surface area contributed by atoms with E-state index in [0.717, 1.165) is 0 Å². The number of hydrogen-bond donors (Lipinski definition) is 0. The summed E-state index contributed by atoms with van der Waals surface area (Å²) in [4.78, 5) is 38.6. The van der Waals surface area contributed by atoms with Crippen LogP contribution >= 0.6 is 0 Å². The number of nitro groups is 1. The van der Waals surface area contributed by atoms with Crippen molar-refractivity contribution in [1.29, 1.82) is 0 Å². The first-order valence-corrected chi connectivity index (χ1v) is 10.5. The van der Waals surface area contributed by atoms with Crippen molar-refractivity contribution in [3.8, 4) is 0 Å². The molecule has 1 aliphatic rings. The van der Waals surface area contributed by atoms with Gasteiger partial charge in [-0.05, 0) is 36.1 Å². The predicted molar refractivity (Wildman–Crippen MR) is 119 cm³/mol. The molecule has 0 radical (unpaired) electrons. The van der Waals surface area contributed by atoms with E-state index in [0.29, 0.717) is 47.9 Å². The Balaban J connectivity index is 2.31. The van der Waals surface area contributed by atoms with Gasteiger partial charge in [-0.2, -0.15) is 0 Å². The minimum Gasteiger partial charge on any atom is -0.364 e. The fourth-order valence-electron chi connectivity index (χ4n) is 5.09. The number of nitrogens with zero attached hydrogens (tertiary/aromatic N) is 1. The van der Waals surface area contributed by atoms with E-state index in [-0.39, 0.29) is 17.3 Å². The van der Waals surface area contributed by atoms with E-state index in [1.165, 1.54) is 19.2 Å².